The number of benzene rings is 2. The quantitative estimate of drug-likeness (QED) is 0.479. The third-order valence-electron chi connectivity index (χ3n) is 6.38. The summed E-state index contributed by atoms with van der Waals surface area (Å²) in [6, 6.07) is 12.9. The molecule has 1 aromatic heterocycles. The SMILES string of the molecule is Cc1cccc(-c2c(-c3ccc(F)c(F)c3)cc3n2C(CCN(C(=O)O)C(C)(C)C)CNC3=O)c1. The zero-order chi connectivity index (χ0) is 25.5. The minimum atomic E-state index is -1.01. The third-order valence-corrected chi connectivity index (χ3v) is 6.38. The Kier molecular flexibility index (Phi) is 6.40. The molecular weight excluding hydrogens is 452 g/mol. The fourth-order valence-corrected chi connectivity index (χ4v) is 4.67. The van der Waals surface area contributed by atoms with Gasteiger partial charge in [-0.1, -0.05) is 29.8 Å². The van der Waals surface area contributed by atoms with E-state index in [2.05, 4.69) is 5.32 Å². The lowest BCUT2D eigenvalue weighted by Crippen LogP contribution is -2.47. The number of halogens is 2. The molecule has 1 atom stereocenters. The van der Waals surface area contributed by atoms with Crippen LogP contribution in [0.4, 0.5) is 13.6 Å². The lowest BCUT2D eigenvalue weighted by Gasteiger charge is -2.36. The van der Waals surface area contributed by atoms with Gasteiger partial charge in [-0.2, -0.15) is 0 Å². The maximum absolute atomic E-state index is 14.2. The summed E-state index contributed by atoms with van der Waals surface area (Å²) in [5.41, 5.74) is 3.44. The molecule has 2 aromatic carbocycles. The van der Waals surface area contributed by atoms with Crippen LogP contribution >= 0.6 is 0 Å². The lowest BCUT2D eigenvalue weighted by molar-refractivity contribution is 0.0868. The molecule has 1 aliphatic heterocycles. The smallest absolute Gasteiger partial charge is 0.407 e. The summed E-state index contributed by atoms with van der Waals surface area (Å²) in [6.45, 7) is 8.07. The number of nitrogens with zero attached hydrogens (tertiary/aromatic N) is 2. The van der Waals surface area contributed by atoms with Gasteiger partial charge in [0.2, 0.25) is 0 Å². The molecule has 2 N–H and O–H groups in total. The molecule has 184 valence electrons. The predicted octanol–water partition coefficient (Wildman–Crippen LogP) is 5.86. The van der Waals surface area contributed by atoms with E-state index < -0.39 is 23.3 Å². The summed E-state index contributed by atoms with van der Waals surface area (Å²) in [5, 5.41) is 12.6. The van der Waals surface area contributed by atoms with E-state index in [0.29, 0.717) is 35.5 Å². The second kappa shape index (κ2) is 9.17. The number of carboxylic acid groups (broad SMARTS) is 1. The van der Waals surface area contributed by atoms with Gasteiger partial charge in [0, 0.05) is 24.2 Å². The first kappa shape index (κ1) is 24.4. The van der Waals surface area contributed by atoms with Crippen LogP contribution in [0.5, 0.6) is 0 Å². The van der Waals surface area contributed by atoms with Crippen molar-refractivity contribution in [3.8, 4) is 22.4 Å². The maximum Gasteiger partial charge on any atom is 0.407 e. The van der Waals surface area contributed by atoms with E-state index in [4.69, 9.17) is 0 Å². The van der Waals surface area contributed by atoms with Crippen molar-refractivity contribution in [1.82, 2.24) is 14.8 Å². The number of aryl methyl sites for hydroxylation is 1. The van der Waals surface area contributed by atoms with Gasteiger partial charge in [-0.25, -0.2) is 13.6 Å². The van der Waals surface area contributed by atoms with Crippen molar-refractivity contribution in [3.05, 3.63) is 71.4 Å². The highest BCUT2D eigenvalue weighted by atomic mass is 19.2. The molecule has 8 heteroatoms. The number of amides is 2. The van der Waals surface area contributed by atoms with Crippen LogP contribution in [0.1, 0.15) is 49.3 Å². The monoisotopic (exact) mass is 481 g/mol. The van der Waals surface area contributed by atoms with Crippen molar-refractivity contribution in [1.29, 1.82) is 0 Å². The molecule has 0 aliphatic carbocycles. The summed E-state index contributed by atoms with van der Waals surface area (Å²) < 4.78 is 29.8. The molecule has 1 aliphatic rings. The standard InChI is InChI=1S/C27H29F2N3O3/c1-16-6-5-7-18(12-16)24-20(17-8-9-21(28)22(29)13-17)14-23-25(33)30-15-19(32(23)24)10-11-31(26(34)35)27(2,3)4/h5-9,12-14,19H,10-11,15H2,1-4H3,(H,30,33)(H,34,35). The average molecular weight is 482 g/mol. The van der Waals surface area contributed by atoms with Crippen molar-refractivity contribution in [3.63, 3.8) is 0 Å². The Morgan fingerprint density at radius 3 is 2.49 bits per heavy atom. The van der Waals surface area contributed by atoms with E-state index in [-0.39, 0.29) is 18.5 Å². The molecule has 2 heterocycles. The van der Waals surface area contributed by atoms with E-state index in [1.807, 2.05) is 56.5 Å². The molecule has 4 rings (SSSR count). The molecule has 35 heavy (non-hydrogen) atoms. The Balaban J connectivity index is 1.87. The molecule has 0 spiro atoms. The molecule has 0 fully saturated rings. The Morgan fingerprint density at radius 1 is 1.11 bits per heavy atom. The molecule has 0 bridgehead atoms. The van der Waals surface area contributed by atoms with Crippen LogP contribution < -0.4 is 5.32 Å². The maximum atomic E-state index is 14.2. The summed E-state index contributed by atoms with van der Waals surface area (Å²) in [6.07, 6.45) is -0.548. The molecule has 0 saturated carbocycles. The fraction of sp³-hybridized carbons (Fsp3) is 0.333. The van der Waals surface area contributed by atoms with E-state index in [9.17, 15) is 23.5 Å². The first-order valence-corrected chi connectivity index (χ1v) is 11.5. The van der Waals surface area contributed by atoms with E-state index >= 15 is 0 Å². The van der Waals surface area contributed by atoms with Crippen LogP contribution in [0, 0.1) is 18.6 Å². The zero-order valence-corrected chi connectivity index (χ0v) is 20.2. The number of hydrogen-bond acceptors (Lipinski definition) is 2. The fourth-order valence-electron chi connectivity index (χ4n) is 4.67. The second-order valence-corrected chi connectivity index (χ2v) is 9.92. The highest BCUT2D eigenvalue weighted by Gasteiger charge is 2.33. The Labute approximate surface area is 203 Å². The number of carbonyl (C=O) groups is 2. The predicted molar refractivity (Wildman–Crippen MR) is 130 cm³/mol. The largest absolute Gasteiger partial charge is 0.465 e. The number of carbonyl (C=O) groups excluding carboxylic acids is 1. The van der Waals surface area contributed by atoms with Crippen molar-refractivity contribution >= 4 is 12.0 Å². The first-order valence-electron chi connectivity index (χ1n) is 11.5. The van der Waals surface area contributed by atoms with E-state index in [0.717, 1.165) is 23.3 Å². The number of fused-ring (bicyclic) bond motifs is 1. The minimum Gasteiger partial charge on any atom is -0.465 e. The highest BCUT2D eigenvalue weighted by molar-refractivity contribution is 5.98. The third kappa shape index (κ3) is 4.78. The van der Waals surface area contributed by atoms with Gasteiger partial charge in [-0.3, -0.25) is 4.79 Å². The van der Waals surface area contributed by atoms with E-state index in [1.165, 1.54) is 11.0 Å². The van der Waals surface area contributed by atoms with Crippen molar-refractivity contribution in [2.24, 2.45) is 0 Å². The number of nitrogens with one attached hydrogen (secondary N) is 1. The van der Waals surface area contributed by atoms with Gasteiger partial charge in [0.1, 0.15) is 5.69 Å². The normalized spacial score (nSPS) is 15.5. The van der Waals surface area contributed by atoms with Crippen LogP contribution in [0.3, 0.4) is 0 Å². The molecule has 0 saturated heterocycles. The first-order chi connectivity index (χ1) is 16.5. The second-order valence-electron chi connectivity index (χ2n) is 9.92. The Hall–Kier alpha value is -3.68. The average Bonchev–Trinajstić information content (AvgIpc) is 3.18. The molecular formula is C27H29F2N3O3. The molecule has 1 unspecified atom stereocenters. The lowest BCUT2D eigenvalue weighted by atomic mass is 9.99. The van der Waals surface area contributed by atoms with Crippen LogP contribution in [0.25, 0.3) is 22.4 Å². The van der Waals surface area contributed by atoms with Gasteiger partial charge in [0.25, 0.3) is 5.91 Å². The van der Waals surface area contributed by atoms with Gasteiger partial charge in [-0.15, -0.1) is 0 Å². The highest BCUT2D eigenvalue weighted by Crippen LogP contribution is 2.40. The van der Waals surface area contributed by atoms with E-state index in [1.54, 1.807) is 6.07 Å². The van der Waals surface area contributed by atoms with Gasteiger partial charge >= 0.3 is 6.09 Å². The van der Waals surface area contributed by atoms with Crippen LogP contribution in [0.15, 0.2) is 48.5 Å². The van der Waals surface area contributed by atoms with Gasteiger partial charge < -0.3 is 19.9 Å². The summed E-state index contributed by atoms with van der Waals surface area (Å²) in [4.78, 5) is 26.1. The molecule has 2 amide bonds. The Bertz CT molecular complexity index is 1290. The summed E-state index contributed by atoms with van der Waals surface area (Å²) in [7, 11) is 0. The minimum absolute atomic E-state index is 0.235. The van der Waals surface area contributed by atoms with Crippen molar-refractivity contribution < 1.29 is 23.5 Å². The molecule has 6 nitrogen and oxygen atoms in total. The van der Waals surface area contributed by atoms with Gasteiger partial charge in [-0.05, 0) is 69.5 Å². The number of aromatic nitrogens is 1. The van der Waals surface area contributed by atoms with Gasteiger partial charge in [0.05, 0.1) is 11.7 Å². The molecule has 3 aromatic rings. The van der Waals surface area contributed by atoms with Crippen molar-refractivity contribution in [2.75, 3.05) is 13.1 Å². The molecule has 0 radical (unpaired) electrons. The van der Waals surface area contributed by atoms with Gasteiger partial charge in [0.15, 0.2) is 11.6 Å². The number of rotatable bonds is 5. The number of hydrogen-bond donors (Lipinski definition) is 2. The topological polar surface area (TPSA) is 74.6 Å². The summed E-state index contributed by atoms with van der Waals surface area (Å²) >= 11 is 0. The van der Waals surface area contributed by atoms with Crippen LogP contribution in [0.2, 0.25) is 0 Å². The van der Waals surface area contributed by atoms with Crippen molar-refractivity contribution in [2.45, 2.75) is 45.7 Å². The van der Waals surface area contributed by atoms with Crippen LogP contribution in [-0.4, -0.2) is 45.2 Å². The Morgan fingerprint density at radius 2 is 1.86 bits per heavy atom. The zero-order valence-electron chi connectivity index (χ0n) is 20.2. The van der Waals surface area contributed by atoms with Crippen LogP contribution in [-0.2, 0) is 0 Å². The summed E-state index contributed by atoms with van der Waals surface area (Å²) in [5.74, 6) is -2.18.